The summed E-state index contributed by atoms with van der Waals surface area (Å²) in [7, 11) is -3.61. The zero-order valence-corrected chi connectivity index (χ0v) is 22.0. The highest BCUT2D eigenvalue weighted by atomic mass is 32.2. The predicted octanol–water partition coefficient (Wildman–Crippen LogP) is 4.20. The molecular formula is C28H35N3O5S. The lowest BCUT2D eigenvalue weighted by molar-refractivity contribution is -0.123. The number of para-hydroxylation sites is 2. The third kappa shape index (κ3) is 7.49. The van der Waals surface area contributed by atoms with Gasteiger partial charge in [0.15, 0.2) is 15.4 Å². The molecule has 4 rings (SSSR count). The molecule has 37 heavy (non-hydrogen) atoms. The second-order valence-electron chi connectivity index (χ2n) is 9.80. The SMILES string of the molecule is CCC[C@H](NC(=O)[C@H](CS(=O)(=O)Cc1ccccc1)NC1CCCCC1)C(=O)c1nc2ccccc2o1. The molecule has 2 aromatic carbocycles. The van der Waals surface area contributed by atoms with Crippen molar-refractivity contribution in [3.05, 3.63) is 66.1 Å². The van der Waals surface area contributed by atoms with Crippen molar-refractivity contribution >= 4 is 32.6 Å². The van der Waals surface area contributed by atoms with Crippen molar-refractivity contribution in [1.82, 2.24) is 15.6 Å². The minimum atomic E-state index is -3.61. The maximum absolute atomic E-state index is 13.5. The number of hydrogen-bond donors (Lipinski definition) is 2. The van der Waals surface area contributed by atoms with Gasteiger partial charge in [0.1, 0.15) is 11.6 Å². The molecule has 1 aliphatic carbocycles. The lowest BCUT2D eigenvalue weighted by Gasteiger charge is -2.29. The number of carbonyl (C=O) groups is 2. The normalized spacial score (nSPS) is 16.4. The summed E-state index contributed by atoms with van der Waals surface area (Å²) in [5, 5.41) is 6.12. The van der Waals surface area contributed by atoms with Crippen molar-refractivity contribution in [1.29, 1.82) is 0 Å². The Morgan fingerprint density at radius 3 is 2.41 bits per heavy atom. The van der Waals surface area contributed by atoms with Gasteiger partial charge in [0.2, 0.25) is 11.7 Å². The number of rotatable bonds is 12. The fraction of sp³-hybridized carbons (Fsp3) is 0.464. The average Bonchev–Trinajstić information content (AvgIpc) is 3.33. The highest BCUT2D eigenvalue weighted by molar-refractivity contribution is 7.90. The monoisotopic (exact) mass is 525 g/mol. The number of aromatic nitrogens is 1. The zero-order chi connectivity index (χ0) is 26.3. The Morgan fingerprint density at radius 1 is 1.00 bits per heavy atom. The largest absolute Gasteiger partial charge is 0.434 e. The second kappa shape index (κ2) is 12.5. The van der Waals surface area contributed by atoms with Crippen LogP contribution >= 0.6 is 0 Å². The first-order chi connectivity index (χ1) is 17.8. The quantitative estimate of drug-likeness (QED) is 0.340. The average molecular weight is 526 g/mol. The van der Waals surface area contributed by atoms with E-state index >= 15 is 0 Å². The lowest BCUT2D eigenvalue weighted by atomic mass is 9.95. The number of ketones is 1. The van der Waals surface area contributed by atoms with Gasteiger partial charge >= 0.3 is 0 Å². The van der Waals surface area contributed by atoms with Gasteiger partial charge in [0, 0.05) is 6.04 Å². The fourth-order valence-electron chi connectivity index (χ4n) is 4.85. The van der Waals surface area contributed by atoms with Gasteiger partial charge in [0.25, 0.3) is 5.89 Å². The Hall–Kier alpha value is -3.04. The molecule has 0 bridgehead atoms. The number of nitrogens with zero attached hydrogens (tertiary/aromatic N) is 1. The molecular weight excluding hydrogens is 490 g/mol. The van der Waals surface area contributed by atoms with Gasteiger partial charge in [-0.25, -0.2) is 13.4 Å². The number of hydrogen-bond acceptors (Lipinski definition) is 7. The Kier molecular flexibility index (Phi) is 9.10. The second-order valence-corrected chi connectivity index (χ2v) is 11.9. The van der Waals surface area contributed by atoms with E-state index in [1.165, 1.54) is 0 Å². The molecule has 0 radical (unpaired) electrons. The molecule has 1 saturated carbocycles. The summed E-state index contributed by atoms with van der Waals surface area (Å²) in [6.07, 6.45) is 6.03. The molecule has 1 fully saturated rings. The van der Waals surface area contributed by atoms with Crippen LogP contribution in [0, 0.1) is 0 Å². The standard InChI is InChI=1S/C28H35N3O5S/c1-2-11-23(26(32)28-31-22-16-9-10-17-25(22)36-28)30-27(33)24(29-21-14-7-4-8-15-21)19-37(34,35)18-20-12-5-3-6-13-20/h3,5-6,9-10,12-13,16-17,21,23-24,29H,2,4,7-8,11,14-15,18-19H2,1H3,(H,30,33)/t23-,24-/m0/s1. The van der Waals surface area contributed by atoms with Crippen LogP contribution in [0.5, 0.6) is 0 Å². The van der Waals surface area contributed by atoms with Gasteiger partial charge in [-0.15, -0.1) is 0 Å². The maximum Gasteiger partial charge on any atom is 0.266 e. The van der Waals surface area contributed by atoms with Crippen molar-refractivity contribution in [2.24, 2.45) is 0 Å². The van der Waals surface area contributed by atoms with E-state index in [1.807, 2.05) is 19.1 Å². The van der Waals surface area contributed by atoms with Crippen LogP contribution in [-0.2, 0) is 20.4 Å². The number of sulfone groups is 1. The number of nitrogens with one attached hydrogen (secondary N) is 2. The maximum atomic E-state index is 13.5. The van der Waals surface area contributed by atoms with Gasteiger partial charge in [-0.05, 0) is 37.0 Å². The molecule has 1 aromatic heterocycles. The van der Waals surface area contributed by atoms with Gasteiger partial charge in [0.05, 0.1) is 17.5 Å². The molecule has 8 nitrogen and oxygen atoms in total. The first-order valence-corrected chi connectivity index (χ1v) is 14.9. The van der Waals surface area contributed by atoms with E-state index in [1.54, 1.807) is 42.5 Å². The van der Waals surface area contributed by atoms with Gasteiger partial charge < -0.3 is 15.1 Å². The van der Waals surface area contributed by atoms with Crippen molar-refractivity contribution < 1.29 is 22.4 Å². The summed E-state index contributed by atoms with van der Waals surface area (Å²) in [5.41, 5.74) is 1.74. The molecule has 2 atom stereocenters. The van der Waals surface area contributed by atoms with Crippen molar-refractivity contribution in [3.63, 3.8) is 0 Å². The minimum Gasteiger partial charge on any atom is -0.434 e. The first-order valence-electron chi connectivity index (χ1n) is 13.0. The van der Waals surface area contributed by atoms with Crippen LogP contribution in [-0.4, -0.2) is 49.0 Å². The number of benzene rings is 2. The molecule has 1 heterocycles. The summed E-state index contributed by atoms with van der Waals surface area (Å²) in [6.45, 7) is 1.92. The predicted molar refractivity (Wildman–Crippen MR) is 143 cm³/mol. The highest BCUT2D eigenvalue weighted by Gasteiger charge is 2.32. The molecule has 0 aliphatic heterocycles. The summed E-state index contributed by atoms with van der Waals surface area (Å²) >= 11 is 0. The van der Waals surface area contributed by atoms with Crippen LogP contribution in [0.3, 0.4) is 0 Å². The number of carbonyl (C=O) groups excluding carboxylic acids is 2. The third-order valence-corrected chi connectivity index (χ3v) is 8.34. The summed E-state index contributed by atoms with van der Waals surface area (Å²) < 4.78 is 31.9. The molecule has 1 amide bonds. The van der Waals surface area contributed by atoms with Gasteiger partial charge in [-0.3, -0.25) is 9.59 Å². The summed E-state index contributed by atoms with van der Waals surface area (Å²) in [5.74, 6) is -1.47. The van der Waals surface area contributed by atoms with Crippen molar-refractivity contribution in [2.45, 2.75) is 75.7 Å². The highest BCUT2D eigenvalue weighted by Crippen LogP contribution is 2.20. The summed E-state index contributed by atoms with van der Waals surface area (Å²) in [6, 6.07) is 14.3. The topological polar surface area (TPSA) is 118 Å². The molecule has 3 aromatic rings. The van der Waals surface area contributed by atoms with Crippen LogP contribution in [0.2, 0.25) is 0 Å². The third-order valence-electron chi connectivity index (χ3n) is 6.72. The van der Waals surface area contributed by atoms with Crippen molar-refractivity contribution in [3.8, 4) is 0 Å². The van der Waals surface area contributed by atoms with E-state index in [0.717, 1.165) is 32.1 Å². The molecule has 0 saturated heterocycles. The Bertz CT molecular complexity index is 1270. The molecule has 1 aliphatic rings. The van der Waals surface area contributed by atoms with Crippen LogP contribution in [0.1, 0.15) is 68.1 Å². The van der Waals surface area contributed by atoms with E-state index in [-0.39, 0.29) is 23.4 Å². The van der Waals surface area contributed by atoms with E-state index in [4.69, 9.17) is 4.42 Å². The Labute approximate surface area is 218 Å². The minimum absolute atomic E-state index is 0.0616. The number of fused-ring (bicyclic) bond motifs is 1. The Balaban J connectivity index is 1.51. The molecule has 0 unspecified atom stereocenters. The molecule has 198 valence electrons. The van der Waals surface area contributed by atoms with Crippen LogP contribution in [0.15, 0.2) is 59.0 Å². The van der Waals surface area contributed by atoms with E-state index in [2.05, 4.69) is 15.6 Å². The van der Waals surface area contributed by atoms with Gasteiger partial charge in [-0.2, -0.15) is 0 Å². The number of oxazole rings is 1. The van der Waals surface area contributed by atoms with E-state index in [0.29, 0.717) is 29.5 Å². The van der Waals surface area contributed by atoms with Crippen LogP contribution in [0.25, 0.3) is 11.1 Å². The zero-order valence-electron chi connectivity index (χ0n) is 21.2. The Morgan fingerprint density at radius 2 is 1.70 bits per heavy atom. The van der Waals surface area contributed by atoms with E-state index in [9.17, 15) is 18.0 Å². The smallest absolute Gasteiger partial charge is 0.266 e. The van der Waals surface area contributed by atoms with Crippen LogP contribution < -0.4 is 10.6 Å². The number of amides is 1. The first kappa shape index (κ1) is 27.0. The molecule has 9 heteroatoms. The molecule has 2 N–H and O–H groups in total. The van der Waals surface area contributed by atoms with Crippen molar-refractivity contribution in [2.75, 3.05) is 5.75 Å². The summed E-state index contributed by atoms with van der Waals surface area (Å²) in [4.78, 5) is 31.1. The molecule has 0 spiro atoms. The van der Waals surface area contributed by atoms with Crippen LogP contribution in [0.4, 0.5) is 0 Å². The van der Waals surface area contributed by atoms with Gasteiger partial charge in [-0.1, -0.05) is 75.1 Å². The number of Topliss-reactive ketones (excluding diaryl/α,β-unsaturated/α-hetero) is 1. The fourth-order valence-corrected chi connectivity index (χ4v) is 6.42. The lowest BCUT2D eigenvalue weighted by Crippen LogP contribution is -2.55. The van der Waals surface area contributed by atoms with E-state index < -0.39 is 33.6 Å².